The van der Waals surface area contributed by atoms with Gasteiger partial charge in [0.05, 0.1) is 12.3 Å². The Hall–Kier alpha value is -1.74. The molecule has 0 bridgehead atoms. The fourth-order valence-corrected chi connectivity index (χ4v) is 2.91. The number of anilines is 1. The Morgan fingerprint density at radius 3 is 2.73 bits per heavy atom. The number of rotatable bonds is 3. The van der Waals surface area contributed by atoms with E-state index in [9.17, 15) is 15.3 Å². The van der Waals surface area contributed by atoms with Crippen molar-refractivity contribution in [3.8, 4) is 0 Å². The molecule has 1 saturated heterocycles. The minimum atomic E-state index is -1.52. The van der Waals surface area contributed by atoms with Gasteiger partial charge in [-0.15, -0.1) is 0 Å². The summed E-state index contributed by atoms with van der Waals surface area (Å²) in [6.45, 7) is 1.13. The summed E-state index contributed by atoms with van der Waals surface area (Å²) in [5.41, 5.74) is -0.158. The second-order valence-corrected chi connectivity index (χ2v) is 5.94. The monoisotopic (exact) mass is 308 g/mol. The third kappa shape index (κ3) is 2.07. The smallest absolute Gasteiger partial charge is 0.156 e. The topological polar surface area (TPSA) is 103 Å². The molecule has 1 fully saturated rings. The van der Waals surface area contributed by atoms with E-state index in [0.717, 1.165) is 11.3 Å². The average molecular weight is 308 g/mol. The molecule has 0 radical (unpaired) electrons. The first-order valence-electron chi connectivity index (χ1n) is 7.04. The number of aliphatic hydroxyl groups is 3. The number of fused-ring (bicyclic) bond motifs is 1. The molecule has 0 aliphatic carbocycles. The second kappa shape index (κ2) is 5.17. The summed E-state index contributed by atoms with van der Waals surface area (Å²) in [6.07, 6.45) is -1.38. The van der Waals surface area contributed by atoms with Crippen LogP contribution in [-0.2, 0) is 4.74 Å². The SMILES string of the molecule is CN(C)c1ncnn2c([C@@H]3O[C@H](CO)[C@@H](O)[C@]3(C)O)ccc12. The molecule has 3 heterocycles. The van der Waals surface area contributed by atoms with E-state index < -0.39 is 23.9 Å². The summed E-state index contributed by atoms with van der Waals surface area (Å²) in [6, 6.07) is 3.62. The molecule has 2 aromatic rings. The molecule has 3 N–H and O–H groups in total. The molecule has 1 aliphatic rings. The van der Waals surface area contributed by atoms with Crippen LogP contribution >= 0.6 is 0 Å². The van der Waals surface area contributed by atoms with Crippen molar-refractivity contribution in [3.63, 3.8) is 0 Å². The Labute approximate surface area is 127 Å². The van der Waals surface area contributed by atoms with Crippen LogP contribution in [0, 0.1) is 0 Å². The highest BCUT2D eigenvalue weighted by molar-refractivity contribution is 5.68. The molecule has 3 rings (SSSR count). The van der Waals surface area contributed by atoms with E-state index in [2.05, 4.69) is 10.1 Å². The van der Waals surface area contributed by atoms with Gasteiger partial charge in [-0.05, 0) is 19.1 Å². The largest absolute Gasteiger partial charge is 0.394 e. The van der Waals surface area contributed by atoms with Crippen LogP contribution in [-0.4, -0.2) is 68.4 Å². The zero-order chi connectivity index (χ0) is 16.1. The summed E-state index contributed by atoms with van der Waals surface area (Å²) in [5, 5.41) is 34.2. The maximum atomic E-state index is 10.6. The van der Waals surface area contributed by atoms with E-state index in [1.807, 2.05) is 25.1 Å². The maximum absolute atomic E-state index is 10.6. The number of aromatic nitrogens is 3. The summed E-state index contributed by atoms with van der Waals surface area (Å²) in [5.74, 6) is 0.734. The normalized spacial score (nSPS) is 31.8. The second-order valence-electron chi connectivity index (χ2n) is 5.94. The Morgan fingerprint density at radius 1 is 1.41 bits per heavy atom. The van der Waals surface area contributed by atoms with Gasteiger partial charge in [0.15, 0.2) is 5.82 Å². The minimum Gasteiger partial charge on any atom is -0.394 e. The fraction of sp³-hybridized carbons (Fsp3) is 0.571. The highest BCUT2D eigenvalue weighted by atomic mass is 16.6. The van der Waals surface area contributed by atoms with E-state index in [4.69, 9.17) is 4.74 Å². The van der Waals surface area contributed by atoms with E-state index in [1.54, 1.807) is 10.6 Å². The molecule has 4 atom stereocenters. The molecular weight excluding hydrogens is 288 g/mol. The van der Waals surface area contributed by atoms with Crippen molar-refractivity contribution < 1.29 is 20.1 Å². The number of ether oxygens (including phenoxy) is 1. The highest BCUT2D eigenvalue weighted by Crippen LogP contribution is 2.42. The van der Waals surface area contributed by atoms with Crippen molar-refractivity contribution in [2.45, 2.75) is 30.8 Å². The number of nitrogens with zero attached hydrogens (tertiary/aromatic N) is 4. The lowest BCUT2D eigenvalue weighted by Gasteiger charge is -2.26. The lowest BCUT2D eigenvalue weighted by atomic mass is 9.91. The fourth-order valence-electron chi connectivity index (χ4n) is 2.91. The Balaban J connectivity index is 2.10. The standard InChI is InChI=1S/C14H20N4O4/c1-14(21)11(20)10(6-19)22-12(14)8-4-5-9-13(17(2)3)15-7-16-18(8)9/h4-5,7,10-12,19-21H,6H2,1-3H3/t10-,11-,12+,14+/m1/s1. The van der Waals surface area contributed by atoms with Crippen molar-refractivity contribution in [2.24, 2.45) is 0 Å². The molecule has 0 spiro atoms. The predicted molar refractivity (Wildman–Crippen MR) is 78.6 cm³/mol. The zero-order valence-electron chi connectivity index (χ0n) is 12.7. The third-order valence-electron chi connectivity index (χ3n) is 4.13. The molecule has 0 saturated carbocycles. The van der Waals surface area contributed by atoms with Crippen LogP contribution in [0.4, 0.5) is 5.82 Å². The van der Waals surface area contributed by atoms with Gasteiger partial charge in [0.1, 0.15) is 35.8 Å². The summed E-state index contributed by atoms with van der Waals surface area (Å²) in [4.78, 5) is 6.09. The molecule has 1 aliphatic heterocycles. The van der Waals surface area contributed by atoms with Gasteiger partial charge in [-0.1, -0.05) is 0 Å². The van der Waals surface area contributed by atoms with Gasteiger partial charge in [0.2, 0.25) is 0 Å². The summed E-state index contributed by atoms with van der Waals surface area (Å²) >= 11 is 0. The van der Waals surface area contributed by atoms with Gasteiger partial charge in [-0.3, -0.25) is 0 Å². The lowest BCUT2D eigenvalue weighted by Crippen LogP contribution is -2.43. The average Bonchev–Trinajstić information content (AvgIpc) is 2.99. The first kappa shape index (κ1) is 15.2. The number of hydrogen-bond acceptors (Lipinski definition) is 7. The van der Waals surface area contributed by atoms with Crippen molar-refractivity contribution >= 4 is 11.3 Å². The molecule has 8 nitrogen and oxygen atoms in total. The first-order chi connectivity index (χ1) is 10.4. The van der Waals surface area contributed by atoms with Crippen molar-refractivity contribution in [1.82, 2.24) is 14.6 Å². The van der Waals surface area contributed by atoms with E-state index >= 15 is 0 Å². The molecule has 8 heteroatoms. The van der Waals surface area contributed by atoms with Crippen molar-refractivity contribution in [2.75, 3.05) is 25.6 Å². The predicted octanol–water partition coefficient (Wildman–Crippen LogP) is -0.661. The van der Waals surface area contributed by atoms with Gasteiger partial charge < -0.3 is 25.0 Å². The molecule has 120 valence electrons. The Bertz CT molecular complexity index is 685. The van der Waals surface area contributed by atoms with Gasteiger partial charge in [-0.25, -0.2) is 9.50 Å². The van der Waals surface area contributed by atoms with Crippen LogP contribution in [0.5, 0.6) is 0 Å². The van der Waals surface area contributed by atoms with Gasteiger partial charge in [-0.2, -0.15) is 5.10 Å². The molecule has 2 aromatic heterocycles. The van der Waals surface area contributed by atoms with Gasteiger partial charge >= 0.3 is 0 Å². The van der Waals surface area contributed by atoms with Crippen LogP contribution < -0.4 is 4.90 Å². The lowest BCUT2D eigenvalue weighted by molar-refractivity contribution is -0.0664. The molecule has 0 aromatic carbocycles. The zero-order valence-corrected chi connectivity index (χ0v) is 12.7. The van der Waals surface area contributed by atoms with Crippen LogP contribution in [0.25, 0.3) is 5.52 Å². The van der Waals surface area contributed by atoms with Crippen molar-refractivity contribution in [3.05, 3.63) is 24.2 Å². The van der Waals surface area contributed by atoms with Crippen LogP contribution in [0.3, 0.4) is 0 Å². The van der Waals surface area contributed by atoms with Crippen LogP contribution in [0.15, 0.2) is 18.5 Å². The maximum Gasteiger partial charge on any atom is 0.156 e. The summed E-state index contributed by atoms with van der Waals surface area (Å²) < 4.78 is 7.28. The molecule has 0 unspecified atom stereocenters. The van der Waals surface area contributed by atoms with E-state index in [0.29, 0.717) is 5.69 Å². The van der Waals surface area contributed by atoms with Crippen molar-refractivity contribution in [1.29, 1.82) is 0 Å². The minimum absolute atomic E-state index is 0.366. The van der Waals surface area contributed by atoms with Gasteiger partial charge in [0.25, 0.3) is 0 Å². The van der Waals surface area contributed by atoms with E-state index in [-0.39, 0.29) is 6.61 Å². The number of aliphatic hydroxyl groups excluding tert-OH is 2. The molecular formula is C14H20N4O4. The third-order valence-corrected chi connectivity index (χ3v) is 4.13. The van der Waals surface area contributed by atoms with Gasteiger partial charge in [0, 0.05) is 14.1 Å². The highest BCUT2D eigenvalue weighted by Gasteiger charge is 2.53. The van der Waals surface area contributed by atoms with Crippen LogP contribution in [0.2, 0.25) is 0 Å². The first-order valence-corrected chi connectivity index (χ1v) is 7.04. The quantitative estimate of drug-likeness (QED) is 0.691. The number of hydrogen-bond donors (Lipinski definition) is 3. The molecule has 0 amide bonds. The molecule has 22 heavy (non-hydrogen) atoms. The van der Waals surface area contributed by atoms with Crippen LogP contribution in [0.1, 0.15) is 18.7 Å². The Morgan fingerprint density at radius 2 is 2.14 bits per heavy atom. The van der Waals surface area contributed by atoms with E-state index in [1.165, 1.54) is 13.3 Å². The Kier molecular flexibility index (Phi) is 3.56. The summed E-state index contributed by atoms with van der Waals surface area (Å²) in [7, 11) is 3.76.